The maximum Gasteiger partial charge on any atom is 0.208 e. The molecule has 0 unspecified atom stereocenters. The summed E-state index contributed by atoms with van der Waals surface area (Å²) in [4.78, 5) is 20.9. The van der Waals surface area contributed by atoms with Crippen LogP contribution in [0.25, 0.3) is 0 Å². The maximum atomic E-state index is 10.4. The largest absolute Gasteiger partial charge is 0.291 e. The first-order valence-corrected chi connectivity index (χ1v) is 3.60. The van der Waals surface area contributed by atoms with E-state index in [2.05, 4.69) is 0 Å². The van der Waals surface area contributed by atoms with Crippen molar-refractivity contribution in [3.63, 3.8) is 0 Å². The molecule has 0 atom stereocenters. The summed E-state index contributed by atoms with van der Waals surface area (Å²) in [6.07, 6.45) is 0.448. The van der Waals surface area contributed by atoms with Gasteiger partial charge >= 0.3 is 0 Å². The third-order valence-electron chi connectivity index (χ3n) is 1.02. The first-order chi connectivity index (χ1) is 3.80. The molecule has 0 aromatic heterocycles. The molecule has 2 nitrogen and oxygen atoms in total. The fourth-order valence-corrected chi connectivity index (χ4v) is 1.37. The molecule has 1 rings (SSSR count). The maximum absolute atomic E-state index is 10.4. The van der Waals surface area contributed by atoms with Crippen molar-refractivity contribution < 1.29 is 9.59 Å². The van der Waals surface area contributed by atoms with Crippen molar-refractivity contribution in [2.45, 2.75) is 6.42 Å². The van der Waals surface area contributed by atoms with Crippen molar-refractivity contribution in [1.82, 2.24) is 0 Å². The van der Waals surface area contributed by atoms with Crippen molar-refractivity contribution in [2.75, 3.05) is 11.5 Å². The molecule has 0 aliphatic carbocycles. The van der Waals surface area contributed by atoms with E-state index in [9.17, 15) is 9.59 Å². The lowest BCUT2D eigenvalue weighted by Gasteiger charge is -2.04. The van der Waals surface area contributed by atoms with Gasteiger partial charge in [-0.1, -0.05) is 0 Å². The van der Waals surface area contributed by atoms with Crippen LogP contribution >= 0.6 is 11.8 Å². The van der Waals surface area contributed by atoms with Crippen LogP contribution < -0.4 is 0 Å². The second kappa shape index (κ2) is 2.31. The van der Waals surface area contributed by atoms with Crippen molar-refractivity contribution in [3.8, 4) is 0 Å². The normalized spacial score (nSPS) is 21.5. The first-order valence-electron chi connectivity index (χ1n) is 2.44. The van der Waals surface area contributed by atoms with Gasteiger partial charge in [-0.2, -0.15) is 11.8 Å². The van der Waals surface area contributed by atoms with Crippen LogP contribution in [-0.4, -0.2) is 23.1 Å². The van der Waals surface area contributed by atoms with Crippen LogP contribution in [-0.2, 0) is 9.59 Å². The monoisotopic (exact) mass is 130 g/mol. The Hall–Kier alpha value is -0.310. The van der Waals surface area contributed by atoms with Crippen molar-refractivity contribution in [3.05, 3.63) is 0 Å². The van der Waals surface area contributed by atoms with Gasteiger partial charge in [0.1, 0.15) is 0 Å². The van der Waals surface area contributed by atoms with Crippen LogP contribution in [0.1, 0.15) is 6.42 Å². The van der Waals surface area contributed by atoms with Gasteiger partial charge in [0, 0.05) is 12.2 Å². The molecule has 8 heavy (non-hydrogen) atoms. The molecule has 1 fully saturated rings. The number of hydrogen-bond donors (Lipinski definition) is 0. The topological polar surface area (TPSA) is 34.1 Å². The quantitative estimate of drug-likeness (QED) is 0.441. The first kappa shape index (κ1) is 5.82. The lowest BCUT2D eigenvalue weighted by atomic mass is 10.2. The number of Topliss-reactive ketones (excluding diaryl/α,β-unsaturated/α-hetero) is 2. The van der Waals surface area contributed by atoms with Crippen LogP contribution in [0.4, 0.5) is 0 Å². The highest BCUT2D eigenvalue weighted by Gasteiger charge is 2.17. The molecule has 0 bridgehead atoms. The highest BCUT2D eigenvalue weighted by atomic mass is 32.2. The predicted molar refractivity (Wildman–Crippen MR) is 32.0 cm³/mol. The second-order valence-electron chi connectivity index (χ2n) is 1.65. The molecule has 44 valence electrons. The summed E-state index contributed by atoms with van der Waals surface area (Å²) in [5.41, 5.74) is 0. The Morgan fingerprint density at radius 1 is 1.25 bits per heavy atom. The third kappa shape index (κ3) is 1.10. The van der Waals surface area contributed by atoms with Crippen LogP contribution in [0.15, 0.2) is 0 Å². The highest BCUT2D eigenvalue weighted by molar-refractivity contribution is 8.00. The van der Waals surface area contributed by atoms with E-state index in [0.29, 0.717) is 12.2 Å². The molecule has 0 aromatic rings. The van der Waals surface area contributed by atoms with Gasteiger partial charge in [-0.05, 0) is 0 Å². The van der Waals surface area contributed by atoms with Gasteiger partial charge < -0.3 is 0 Å². The van der Waals surface area contributed by atoms with Crippen molar-refractivity contribution >= 4 is 23.3 Å². The van der Waals surface area contributed by atoms with Crippen LogP contribution in [0, 0.1) is 0 Å². The third-order valence-corrected chi connectivity index (χ3v) is 1.98. The summed E-state index contributed by atoms with van der Waals surface area (Å²) in [7, 11) is 0. The Bertz CT molecular complexity index is 114. The molecular weight excluding hydrogens is 124 g/mol. The van der Waals surface area contributed by atoms with Gasteiger partial charge in [0.25, 0.3) is 0 Å². The van der Waals surface area contributed by atoms with E-state index in [0.717, 1.165) is 5.75 Å². The fourth-order valence-electron chi connectivity index (χ4n) is 0.550. The average molecular weight is 130 g/mol. The molecule has 0 amide bonds. The summed E-state index contributed by atoms with van der Waals surface area (Å²) in [6, 6.07) is 0. The molecule has 3 heteroatoms. The van der Waals surface area contributed by atoms with Crippen LogP contribution in [0.5, 0.6) is 0 Å². The SMILES string of the molecule is O=C1CCSCC1=O. The van der Waals surface area contributed by atoms with Crippen LogP contribution in [0.2, 0.25) is 0 Å². The molecular formula is C5H6O2S. The molecule has 0 saturated carbocycles. The minimum absolute atomic E-state index is 0.191. The summed E-state index contributed by atoms with van der Waals surface area (Å²) < 4.78 is 0. The van der Waals surface area contributed by atoms with Gasteiger partial charge in [0.2, 0.25) is 5.78 Å². The lowest BCUT2D eigenvalue weighted by molar-refractivity contribution is -0.135. The Balaban J connectivity index is 2.52. The number of carbonyl (C=O) groups is 2. The summed E-state index contributed by atoms with van der Waals surface area (Å²) in [5, 5.41) is 0. The predicted octanol–water partition coefficient (Wildman–Crippen LogP) is 0.262. The Kier molecular flexibility index (Phi) is 1.68. The Morgan fingerprint density at radius 3 is 2.38 bits per heavy atom. The standard InChI is InChI=1S/C5H6O2S/c6-4-1-2-8-3-5(4)7/h1-3H2. The summed E-state index contributed by atoms with van der Waals surface area (Å²) in [5.74, 6) is 0.827. The van der Waals surface area contributed by atoms with Crippen LogP contribution in [0.3, 0.4) is 0 Å². The fraction of sp³-hybridized carbons (Fsp3) is 0.600. The molecule has 0 aromatic carbocycles. The van der Waals surface area contributed by atoms with Gasteiger partial charge in [-0.25, -0.2) is 0 Å². The second-order valence-corrected chi connectivity index (χ2v) is 2.75. The Labute approximate surface area is 51.6 Å². The van der Waals surface area contributed by atoms with E-state index >= 15 is 0 Å². The number of carbonyl (C=O) groups excluding carboxylic acids is 2. The Morgan fingerprint density at radius 2 is 2.00 bits per heavy atom. The lowest BCUT2D eigenvalue weighted by Crippen LogP contribution is -2.21. The van der Waals surface area contributed by atoms with E-state index in [1.54, 1.807) is 0 Å². The van der Waals surface area contributed by atoms with E-state index in [-0.39, 0.29) is 11.6 Å². The molecule has 0 N–H and O–H groups in total. The minimum Gasteiger partial charge on any atom is -0.291 e. The molecule has 0 radical (unpaired) electrons. The average Bonchev–Trinajstić information content (AvgIpc) is 1.77. The number of thioether (sulfide) groups is 1. The summed E-state index contributed by atoms with van der Waals surface area (Å²) in [6.45, 7) is 0. The number of ketones is 2. The smallest absolute Gasteiger partial charge is 0.208 e. The number of hydrogen-bond acceptors (Lipinski definition) is 3. The zero-order valence-electron chi connectivity index (χ0n) is 4.35. The van der Waals surface area contributed by atoms with E-state index in [1.165, 1.54) is 11.8 Å². The van der Waals surface area contributed by atoms with Crippen molar-refractivity contribution in [1.29, 1.82) is 0 Å². The number of rotatable bonds is 0. The van der Waals surface area contributed by atoms with E-state index < -0.39 is 0 Å². The highest BCUT2D eigenvalue weighted by Crippen LogP contribution is 2.09. The van der Waals surface area contributed by atoms with Gasteiger partial charge in [0.15, 0.2) is 5.78 Å². The van der Waals surface area contributed by atoms with Gasteiger partial charge in [-0.15, -0.1) is 0 Å². The van der Waals surface area contributed by atoms with E-state index in [4.69, 9.17) is 0 Å². The van der Waals surface area contributed by atoms with Crippen molar-refractivity contribution in [2.24, 2.45) is 0 Å². The van der Waals surface area contributed by atoms with Gasteiger partial charge in [-0.3, -0.25) is 9.59 Å². The molecule has 1 aliphatic rings. The minimum atomic E-state index is -0.207. The molecule has 1 saturated heterocycles. The zero-order chi connectivity index (χ0) is 5.98. The summed E-state index contributed by atoms with van der Waals surface area (Å²) >= 11 is 1.54. The molecule has 1 aliphatic heterocycles. The molecule has 1 heterocycles. The molecule has 0 spiro atoms. The van der Waals surface area contributed by atoms with E-state index in [1.807, 2.05) is 0 Å². The van der Waals surface area contributed by atoms with Gasteiger partial charge in [0.05, 0.1) is 5.75 Å². The zero-order valence-corrected chi connectivity index (χ0v) is 5.16.